The summed E-state index contributed by atoms with van der Waals surface area (Å²) in [7, 11) is -2.73. The number of pyridine rings is 1. The summed E-state index contributed by atoms with van der Waals surface area (Å²) in [5.74, 6) is -2.30. The highest BCUT2D eigenvalue weighted by molar-refractivity contribution is 7.91. The molecule has 4 amide bonds. The topological polar surface area (TPSA) is 214 Å². The normalized spacial score (nSPS) is 30.5. The van der Waals surface area contributed by atoms with E-state index in [9.17, 15) is 37.8 Å². The van der Waals surface area contributed by atoms with Crippen molar-refractivity contribution in [1.82, 2.24) is 25.2 Å². The largest absolute Gasteiger partial charge is 0.494 e. The highest BCUT2D eigenvalue weighted by atomic mass is 32.2. The summed E-state index contributed by atoms with van der Waals surface area (Å²) in [5.41, 5.74) is -1.62. The van der Waals surface area contributed by atoms with Gasteiger partial charge in [0.1, 0.15) is 34.2 Å². The Morgan fingerprint density at radius 2 is 1.86 bits per heavy atom. The first-order chi connectivity index (χ1) is 24.2. The molecule has 0 spiro atoms. The molecule has 2 aromatic rings. The van der Waals surface area contributed by atoms with Gasteiger partial charge in [-0.05, 0) is 56.4 Å². The van der Waals surface area contributed by atoms with Crippen molar-refractivity contribution >= 4 is 44.6 Å². The van der Waals surface area contributed by atoms with E-state index in [2.05, 4.69) is 20.3 Å². The summed E-state index contributed by atoms with van der Waals surface area (Å²) in [6, 6.07) is 4.93. The van der Waals surface area contributed by atoms with Gasteiger partial charge in [-0.2, -0.15) is 0 Å². The number of hydrogen-bond acceptors (Lipinski definition) is 10. The Kier molecular flexibility index (Phi) is 9.94. The van der Waals surface area contributed by atoms with Crippen LogP contribution in [-0.2, 0) is 24.4 Å². The van der Waals surface area contributed by atoms with Crippen LogP contribution >= 0.6 is 0 Å². The summed E-state index contributed by atoms with van der Waals surface area (Å²) < 4.78 is 38.8. The van der Waals surface area contributed by atoms with E-state index in [1.807, 2.05) is 37.3 Å². The van der Waals surface area contributed by atoms with Crippen molar-refractivity contribution in [2.24, 2.45) is 17.8 Å². The smallest absolute Gasteiger partial charge is 0.405 e. The zero-order valence-electron chi connectivity index (χ0n) is 28.8. The molecule has 0 radical (unpaired) electrons. The zero-order chi connectivity index (χ0) is 36.7. The molecular weight excluding hydrogens is 682 g/mol. The second-order valence-electron chi connectivity index (χ2n) is 14.5. The molecule has 5 N–H and O–H groups in total. The molecule has 2 aliphatic heterocycles. The third-order valence-electron chi connectivity index (χ3n) is 10.8. The lowest BCUT2D eigenvalue weighted by Gasteiger charge is -2.32. The van der Waals surface area contributed by atoms with Crippen LogP contribution in [0, 0.1) is 17.8 Å². The fraction of sp³-hybridized carbons (Fsp3) is 0.571. The molecule has 4 aliphatic rings. The fourth-order valence-electron chi connectivity index (χ4n) is 7.48. The summed E-state index contributed by atoms with van der Waals surface area (Å²) in [4.78, 5) is 60.1. The molecule has 6 rings (SSSR count). The van der Waals surface area contributed by atoms with E-state index >= 15 is 0 Å². The van der Waals surface area contributed by atoms with Gasteiger partial charge in [0.05, 0.1) is 26.5 Å². The van der Waals surface area contributed by atoms with Gasteiger partial charge in [-0.25, -0.2) is 18.2 Å². The van der Waals surface area contributed by atoms with Gasteiger partial charge in [0.2, 0.25) is 27.7 Å². The number of benzene rings is 1. The first kappa shape index (κ1) is 36.4. The van der Waals surface area contributed by atoms with Gasteiger partial charge in [-0.15, -0.1) is 0 Å². The lowest BCUT2D eigenvalue weighted by Crippen LogP contribution is -2.59. The molecular formula is C35H45N5O10S. The Morgan fingerprint density at radius 3 is 2.53 bits per heavy atom. The number of aromatic nitrogens is 1. The number of ether oxygens (including phenoxy) is 2. The van der Waals surface area contributed by atoms with E-state index in [4.69, 9.17) is 9.47 Å². The van der Waals surface area contributed by atoms with E-state index in [1.54, 1.807) is 13.0 Å². The first-order valence-electron chi connectivity index (χ1n) is 17.3. The number of carboxylic acid groups (broad SMARTS) is 1. The van der Waals surface area contributed by atoms with Gasteiger partial charge in [0.15, 0.2) is 0 Å². The molecule has 16 heteroatoms. The van der Waals surface area contributed by atoms with Gasteiger partial charge < -0.3 is 35.2 Å². The second kappa shape index (κ2) is 13.9. The predicted molar refractivity (Wildman–Crippen MR) is 184 cm³/mol. The lowest BCUT2D eigenvalue weighted by molar-refractivity contribution is -0.142. The van der Waals surface area contributed by atoms with Gasteiger partial charge in [0, 0.05) is 23.1 Å². The van der Waals surface area contributed by atoms with Crippen LogP contribution in [0.25, 0.3) is 10.8 Å². The standard InChI is InChI=1S/C35H45N5O10S/c1-20-8-4-5-9-22-16-35(22,32(44)39-51(47,48)34(19-41)12-13-34)38-29(42)26-15-23(18-40(26)31(43)28(21(2)14-20)37-33(45)46)50-30-25-11-7-6-10-24(25)27(49-3)17-36-30/h5-7,9-11,17,20-23,26,28,37,41H,4,8,12-16,18-19H2,1-3H3,(H,38,42)(H,39,44)(H,45,46)/t20-,21+,22+,23+,26-,28-,35+/m0/s1. The molecule has 1 aromatic heterocycles. The number of rotatable bonds is 8. The molecule has 276 valence electrons. The minimum Gasteiger partial charge on any atom is -0.494 e. The van der Waals surface area contributed by atoms with E-state index < -0.39 is 80.8 Å². The molecule has 51 heavy (non-hydrogen) atoms. The van der Waals surface area contributed by atoms with Gasteiger partial charge in [-0.3, -0.25) is 19.1 Å². The molecule has 2 saturated carbocycles. The van der Waals surface area contributed by atoms with Crippen molar-refractivity contribution < 1.29 is 47.3 Å². The number of aliphatic hydroxyl groups excluding tert-OH is 1. The minimum atomic E-state index is -4.26. The number of nitrogens with one attached hydrogen (secondary N) is 3. The van der Waals surface area contributed by atoms with Crippen molar-refractivity contribution in [1.29, 1.82) is 0 Å². The van der Waals surface area contributed by atoms with Crippen molar-refractivity contribution in [3.63, 3.8) is 0 Å². The quantitative estimate of drug-likeness (QED) is 0.248. The maximum Gasteiger partial charge on any atom is 0.405 e. The van der Waals surface area contributed by atoms with Crippen LogP contribution in [0.2, 0.25) is 0 Å². The second-order valence-corrected chi connectivity index (χ2v) is 16.5. The summed E-state index contributed by atoms with van der Waals surface area (Å²) >= 11 is 0. The number of nitrogens with zero attached hydrogens (tertiary/aromatic N) is 2. The minimum absolute atomic E-state index is 0.0195. The van der Waals surface area contributed by atoms with Crippen LogP contribution in [0.5, 0.6) is 11.6 Å². The average Bonchev–Trinajstić information content (AvgIpc) is 4.00. The molecule has 2 aliphatic carbocycles. The van der Waals surface area contributed by atoms with Crippen molar-refractivity contribution in [3.8, 4) is 11.6 Å². The van der Waals surface area contributed by atoms with Crippen LogP contribution in [0.3, 0.4) is 0 Å². The molecule has 1 saturated heterocycles. The number of carbonyl (C=O) groups is 4. The van der Waals surface area contributed by atoms with E-state index in [0.29, 0.717) is 30.4 Å². The molecule has 0 unspecified atom stereocenters. The van der Waals surface area contributed by atoms with Crippen LogP contribution in [-0.4, -0.2) is 101 Å². The van der Waals surface area contributed by atoms with Crippen LogP contribution < -0.4 is 24.8 Å². The zero-order valence-corrected chi connectivity index (χ0v) is 29.6. The van der Waals surface area contributed by atoms with Crippen molar-refractivity contribution in [2.75, 3.05) is 20.3 Å². The fourth-order valence-corrected chi connectivity index (χ4v) is 8.93. The van der Waals surface area contributed by atoms with E-state index in [0.717, 1.165) is 5.39 Å². The number of allylic oxidation sites excluding steroid dienone is 1. The predicted octanol–water partition coefficient (Wildman–Crippen LogP) is 2.09. The van der Waals surface area contributed by atoms with Crippen molar-refractivity contribution in [3.05, 3.63) is 42.6 Å². The van der Waals surface area contributed by atoms with Crippen LogP contribution in [0.15, 0.2) is 42.6 Å². The Labute approximate surface area is 296 Å². The molecule has 3 heterocycles. The third-order valence-corrected chi connectivity index (χ3v) is 12.9. The monoisotopic (exact) mass is 727 g/mol. The first-order valence-corrected chi connectivity index (χ1v) is 18.8. The van der Waals surface area contributed by atoms with Gasteiger partial charge in [-0.1, -0.05) is 44.2 Å². The molecule has 1 aromatic carbocycles. The van der Waals surface area contributed by atoms with E-state index in [-0.39, 0.29) is 44.0 Å². The molecule has 7 atom stereocenters. The lowest BCUT2D eigenvalue weighted by atomic mass is 9.88. The molecule has 3 fully saturated rings. The Morgan fingerprint density at radius 1 is 1.14 bits per heavy atom. The van der Waals surface area contributed by atoms with Crippen molar-refractivity contribution in [2.45, 2.75) is 87.3 Å². The van der Waals surface area contributed by atoms with Gasteiger partial charge in [0.25, 0.3) is 5.91 Å². The maximum absolute atomic E-state index is 14.3. The van der Waals surface area contributed by atoms with Crippen LogP contribution in [0.1, 0.15) is 58.8 Å². The average molecular weight is 728 g/mol. The number of aliphatic hydroxyl groups is 1. The number of carbonyl (C=O) groups excluding carboxylic acids is 3. The number of hydrogen-bond donors (Lipinski definition) is 5. The van der Waals surface area contributed by atoms with Gasteiger partial charge >= 0.3 is 6.09 Å². The Bertz CT molecular complexity index is 1850. The summed E-state index contributed by atoms with van der Waals surface area (Å²) in [5, 5.41) is 26.1. The SMILES string of the molecule is COc1cnc(O[C@@H]2C[C@H]3C(=O)N[C@]4(C(=O)NS(=O)(=O)C5(CO)CC5)C[C@H]4C=CCC[C@H](C)C[C@@H](C)[C@H](NC(=O)O)C(=O)N3C2)c2ccccc12. The highest BCUT2D eigenvalue weighted by Gasteiger charge is 2.64. The number of methoxy groups -OCH3 is 1. The van der Waals surface area contributed by atoms with E-state index in [1.165, 1.54) is 18.2 Å². The summed E-state index contributed by atoms with van der Waals surface area (Å²) in [6.07, 6.45) is 5.45. The maximum atomic E-state index is 14.3. The third kappa shape index (κ3) is 7.07. The molecule has 0 bridgehead atoms. The number of sulfonamides is 1. The molecule has 15 nitrogen and oxygen atoms in total. The van der Waals surface area contributed by atoms with Crippen LogP contribution in [0.4, 0.5) is 4.79 Å². The Balaban J connectivity index is 1.34. The number of fused-ring (bicyclic) bond motifs is 3. The summed E-state index contributed by atoms with van der Waals surface area (Å²) in [6.45, 7) is 3.08. The Hall–Kier alpha value is -4.44. The highest BCUT2D eigenvalue weighted by Crippen LogP contribution is 2.47. The number of amides is 4.